The van der Waals surface area contributed by atoms with Crippen LogP contribution < -0.4 is 15.8 Å². The number of nitrogens with zero attached hydrogens (tertiary/aromatic N) is 2. The molecule has 0 aliphatic rings. The highest BCUT2D eigenvalue weighted by Crippen LogP contribution is 2.33. The second kappa shape index (κ2) is 10.7. The predicted octanol–water partition coefficient (Wildman–Crippen LogP) is 5.04. The average Bonchev–Trinajstić information content (AvgIpc) is 2.90. The maximum absolute atomic E-state index is 12.3. The second-order valence-corrected chi connectivity index (χ2v) is 7.32. The van der Waals surface area contributed by atoms with E-state index < -0.39 is 11.8 Å². The predicted molar refractivity (Wildman–Crippen MR) is 132 cm³/mol. The van der Waals surface area contributed by atoms with E-state index in [4.69, 9.17) is 5.21 Å². The van der Waals surface area contributed by atoms with Crippen molar-refractivity contribution in [2.24, 2.45) is 5.10 Å². The Labute approximate surface area is 196 Å². The van der Waals surface area contributed by atoms with Crippen molar-refractivity contribution in [3.8, 4) is 0 Å². The Kier molecular flexibility index (Phi) is 7.07. The summed E-state index contributed by atoms with van der Waals surface area (Å²) in [6.07, 6.45) is 1.56. The average molecular weight is 450 g/mol. The van der Waals surface area contributed by atoms with Crippen LogP contribution in [0.1, 0.15) is 26.3 Å². The molecule has 0 aliphatic carbocycles. The highest BCUT2D eigenvalue weighted by molar-refractivity contribution is 5.97. The molecule has 0 unspecified atom stereocenters. The van der Waals surface area contributed by atoms with Gasteiger partial charge < -0.3 is 4.90 Å². The Morgan fingerprint density at radius 1 is 0.647 bits per heavy atom. The molecule has 0 aromatic heterocycles. The molecule has 0 saturated carbocycles. The lowest BCUT2D eigenvalue weighted by Crippen LogP contribution is -2.20. The third kappa shape index (κ3) is 5.35. The van der Waals surface area contributed by atoms with Gasteiger partial charge in [-0.1, -0.05) is 48.5 Å². The number of carbonyl (C=O) groups is 2. The highest BCUT2D eigenvalue weighted by atomic mass is 16.5. The molecule has 0 heterocycles. The fourth-order valence-corrected chi connectivity index (χ4v) is 3.38. The molecule has 0 spiro atoms. The summed E-state index contributed by atoms with van der Waals surface area (Å²) in [4.78, 5) is 25.8. The lowest BCUT2D eigenvalue weighted by molar-refractivity contribution is 0.0706. The molecular formula is C27H22N4O3. The van der Waals surface area contributed by atoms with Gasteiger partial charge in [0.25, 0.3) is 11.8 Å². The number of benzene rings is 4. The summed E-state index contributed by atoms with van der Waals surface area (Å²) in [7, 11) is 0. The van der Waals surface area contributed by atoms with E-state index in [-0.39, 0.29) is 5.56 Å². The number of nitrogens with one attached hydrogen (secondary N) is 2. The first-order chi connectivity index (χ1) is 16.7. The number of rotatable bonds is 7. The molecular weight excluding hydrogens is 428 g/mol. The zero-order valence-corrected chi connectivity index (χ0v) is 18.1. The van der Waals surface area contributed by atoms with Gasteiger partial charge in [-0.25, -0.2) is 10.9 Å². The summed E-state index contributed by atoms with van der Waals surface area (Å²) < 4.78 is 0. The van der Waals surface area contributed by atoms with Crippen LogP contribution in [0.3, 0.4) is 0 Å². The van der Waals surface area contributed by atoms with Crippen LogP contribution in [-0.2, 0) is 0 Å². The van der Waals surface area contributed by atoms with Crippen LogP contribution in [0.15, 0.2) is 114 Å². The molecule has 0 radical (unpaired) electrons. The van der Waals surface area contributed by atoms with Gasteiger partial charge in [-0.3, -0.25) is 14.8 Å². The van der Waals surface area contributed by atoms with Crippen LogP contribution >= 0.6 is 0 Å². The van der Waals surface area contributed by atoms with Crippen LogP contribution in [0.2, 0.25) is 0 Å². The minimum Gasteiger partial charge on any atom is -0.311 e. The first-order valence-corrected chi connectivity index (χ1v) is 10.5. The quantitative estimate of drug-likeness (QED) is 0.209. The zero-order valence-electron chi connectivity index (χ0n) is 18.1. The Hall–Kier alpha value is -4.75. The number of amides is 2. The summed E-state index contributed by atoms with van der Waals surface area (Å²) in [5.74, 6) is -1.06. The van der Waals surface area contributed by atoms with E-state index >= 15 is 0 Å². The molecule has 0 aliphatic heterocycles. The number of carbonyl (C=O) groups excluding carboxylic acids is 2. The van der Waals surface area contributed by atoms with Crippen LogP contribution in [0.5, 0.6) is 0 Å². The highest BCUT2D eigenvalue weighted by Gasteiger charge is 2.11. The first-order valence-electron chi connectivity index (χ1n) is 10.5. The van der Waals surface area contributed by atoms with E-state index in [1.54, 1.807) is 11.7 Å². The van der Waals surface area contributed by atoms with E-state index in [0.717, 1.165) is 22.6 Å². The van der Waals surface area contributed by atoms with Gasteiger partial charge in [0.1, 0.15) is 0 Å². The molecule has 168 valence electrons. The van der Waals surface area contributed by atoms with Crippen molar-refractivity contribution in [3.63, 3.8) is 0 Å². The van der Waals surface area contributed by atoms with Crippen molar-refractivity contribution in [1.29, 1.82) is 0 Å². The van der Waals surface area contributed by atoms with Gasteiger partial charge in [0, 0.05) is 28.2 Å². The van der Waals surface area contributed by atoms with Crippen LogP contribution in [0, 0.1) is 0 Å². The van der Waals surface area contributed by atoms with Crippen LogP contribution in [-0.4, -0.2) is 23.2 Å². The van der Waals surface area contributed by atoms with Gasteiger partial charge >= 0.3 is 0 Å². The molecule has 2 amide bonds. The Balaban J connectivity index is 1.45. The molecule has 0 fully saturated rings. The van der Waals surface area contributed by atoms with Gasteiger partial charge in [-0.15, -0.1) is 0 Å². The van der Waals surface area contributed by atoms with E-state index in [2.05, 4.69) is 39.7 Å². The van der Waals surface area contributed by atoms with Crippen molar-refractivity contribution >= 4 is 35.1 Å². The fraction of sp³-hybridized carbons (Fsp3) is 0. The normalized spacial score (nSPS) is 10.6. The first kappa shape index (κ1) is 22.4. The van der Waals surface area contributed by atoms with Gasteiger partial charge in [0.2, 0.25) is 0 Å². The molecule has 4 aromatic rings. The van der Waals surface area contributed by atoms with Gasteiger partial charge in [0.05, 0.1) is 6.21 Å². The van der Waals surface area contributed by atoms with E-state index in [1.165, 1.54) is 24.3 Å². The molecule has 4 rings (SSSR count). The van der Waals surface area contributed by atoms with Gasteiger partial charge in [-0.05, 0) is 66.2 Å². The number of hydrogen-bond acceptors (Lipinski definition) is 5. The Morgan fingerprint density at radius 2 is 1.12 bits per heavy atom. The largest absolute Gasteiger partial charge is 0.311 e. The fourth-order valence-electron chi connectivity index (χ4n) is 3.38. The third-order valence-corrected chi connectivity index (χ3v) is 5.07. The van der Waals surface area contributed by atoms with Crippen LogP contribution in [0.4, 0.5) is 17.1 Å². The maximum atomic E-state index is 12.3. The van der Waals surface area contributed by atoms with Gasteiger partial charge in [-0.2, -0.15) is 5.10 Å². The summed E-state index contributed by atoms with van der Waals surface area (Å²) in [5, 5.41) is 12.7. The SMILES string of the molecule is O=C(NO)c1ccc(C(=O)NN=Cc2ccc(N(c3ccccc3)c3ccccc3)cc2)cc1. The second-order valence-electron chi connectivity index (χ2n) is 7.32. The molecule has 0 atom stereocenters. The van der Waals surface area contributed by atoms with E-state index in [9.17, 15) is 9.59 Å². The van der Waals surface area contributed by atoms with Crippen LogP contribution in [0.25, 0.3) is 0 Å². The minimum atomic E-state index is -0.647. The Morgan fingerprint density at radius 3 is 1.62 bits per heavy atom. The summed E-state index contributed by atoms with van der Waals surface area (Å²) in [6.45, 7) is 0. The molecule has 34 heavy (non-hydrogen) atoms. The van der Waals surface area contributed by atoms with Crippen molar-refractivity contribution < 1.29 is 14.8 Å². The lowest BCUT2D eigenvalue weighted by atomic mass is 10.1. The topological polar surface area (TPSA) is 94.0 Å². The standard InChI is InChI=1S/C27H22N4O3/c32-26(21-13-15-22(16-14-21)27(33)30-34)29-28-19-20-11-17-25(18-12-20)31(23-7-3-1-4-8-23)24-9-5-2-6-10-24/h1-19,34H,(H,29,32)(H,30,33). The van der Waals surface area contributed by atoms with Crippen molar-refractivity contribution in [2.45, 2.75) is 0 Å². The van der Waals surface area contributed by atoms with E-state index in [1.807, 2.05) is 60.7 Å². The summed E-state index contributed by atoms with van der Waals surface area (Å²) >= 11 is 0. The molecule has 7 nitrogen and oxygen atoms in total. The number of hydroxylamine groups is 1. The number of hydrazone groups is 1. The molecule has 0 bridgehead atoms. The molecule has 4 aromatic carbocycles. The van der Waals surface area contributed by atoms with Crippen molar-refractivity contribution in [3.05, 3.63) is 126 Å². The number of hydrogen-bond donors (Lipinski definition) is 3. The Bertz CT molecular complexity index is 1230. The number of para-hydroxylation sites is 2. The monoisotopic (exact) mass is 450 g/mol. The van der Waals surface area contributed by atoms with Crippen molar-refractivity contribution in [2.75, 3.05) is 4.90 Å². The molecule has 3 N–H and O–H groups in total. The number of anilines is 3. The summed E-state index contributed by atoms with van der Waals surface area (Å²) in [5.41, 5.74) is 8.49. The smallest absolute Gasteiger partial charge is 0.274 e. The van der Waals surface area contributed by atoms with E-state index in [0.29, 0.717) is 5.56 Å². The molecule has 0 saturated heterocycles. The zero-order chi connectivity index (χ0) is 23.8. The molecule has 7 heteroatoms. The minimum absolute atomic E-state index is 0.239. The lowest BCUT2D eigenvalue weighted by Gasteiger charge is -2.25. The third-order valence-electron chi connectivity index (χ3n) is 5.07. The van der Waals surface area contributed by atoms with Crippen molar-refractivity contribution in [1.82, 2.24) is 10.9 Å². The maximum Gasteiger partial charge on any atom is 0.274 e. The summed E-state index contributed by atoms with van der Waals surface area (Å²) in [6, 6.07) is 33.9. The van der Waals surface area contributed by atoms with Gasteiger partial charge in [0.15, 0.2) is 0 Å².